The van der Waals surface area contributed by atoms with E-state index in [1.165, 1.54) is 12.8 Å². The van der Waals surface area contributed by atoms with Crippen molar-refractivity contribution < 1.29 is 9.53 Å². The van der Waals surface area contributed by atoms with E-state index in [4.69, 9.17) is 4.74 Å². The highest BCUT2D eigenvalue weighted by Gasteiger charge is 2.22. The fourth-order valence-electron chi connectivity index (χ4n) is 1.85. The predicted octanol–water partition coefficient (Wildman–Crippen LogP) is 1.77. The van der Waals surface area contributed by atoms with Gasteiger partial charge in [-0.1, -0.05) is 0 Å². The van der Waals surface area contributed by atoms with Crippen molar-refractivity contribution in [1.82, 2.24) is 4.90 Å². The summed E-state index contributed by atoms with van der Waals surface area (Å²) in [5, 5.41) is 0. The monoisotopic (exact) mass is 231 g/mol. The Morgan fingerprint density at radius 3 is 3.00 bits per heavy atom. The van der Waals surface area contributed by atoms with E-state index in [2.05, 4.69) is 6.92 Å². The first-order chi connectivity index (χ1) is 7.25. The zero-order valence-corrected chi connectivity index (χ0v) is 10.5. The standard InChI is InChI=1S/C11H21NO2S/c1-10-5-3-4-6-12(10)11(13)9-15-8-7-14-2/h10H,3-9H2,1-2H3/t10-/m1/s1. The van der Waals surface area contributed by atoms with Crippen molar-refractivity contribution in [2.24, 2.45) is 0 Å². The van der Waals surface area contributed by atoms with Gasteiger partial charge in [0.25, 0.3) is 0 Å². The van der Waals surface area contributed by atoms with E-state index < -0.39 is 0 Å². The highest BCUT2D eigenvalue weighted by Crippen LogP contribution is 2.17. The Bertz CT molecular complexity index is 199. The third kappa shape index (κ3) is 4.43. The van der Waals surface area contributed by atoms with Crippen LogP contribution in [-0.2, 0) is 9.53 Å². The molecule has 0 saturated carbocycles. The summed E-state index contributed by atoms with van der Waals surface area (Å²) in [7, 11) is 1.69. The molecule has 3 nitrogen and oxygen atoms in total. The van der Waals surface area contributed by atoms with Crippen molar-refractivity contribution in [1.29, 1.82) is 0 Å². The lowest BCUT2D eigenvalue weighted by molar-refractivity contribution is -0.131. The van der Waals surface area contributed by atoms with Crippen LogP contribution >= 0.6 is 11.8 Å². The molecule has 1 saturated heterocycles. The average Bonchev–Trinajstić information content (AvgIpc) is 2.25. The quantitative estimate of drug-likeness (QED) is 0.675. The van der Waals surface area contributed by atoms with Gasteiger partial charge in [-0.05, 0) is 26.2 Å². The van der Waals surface area contributed by atoms with E-state index in [1.54, 1.807) is 18.9 Å². The SMILES string of the molecule is COCCSCC(=O)N1CCCC[C@H]1C. The Labute approximate surface area is 96.5 Å². The van der Waals surface area contributed by atoms with E-state index in [0.717, 1.165) is 25.3 Å². The number of methoxy groups -OCH3 is 1. The smallest absolute Gasteiger partial charge is 0.232 e. The molecule has 0 aliphatic carbocycles. The number of rotatable bonds is 5. The normalized spacial score (nSPS) is 21.7. The summed E-state index contributed by atoms with van der Waals surface area (Å²) in [4.78, 5) is 13.9. The van der Waals surface area contributed by atoms with Gasteiger partial charge in [0.15, 0.2) is 0 Å². The first-order valence-corrected chi connectivity index (χ1v) is 6.77. The van der Waals surface area contributed by atoms with Crippen molar-refractivity contribution in [3.8, 4) is 0 Å². The van der Waals surface area contributed by atoms with Crippen LogP contribution in [0.3, 0.4) is 0 Å². The topological polar surface area (TPSA) is 29.5 Å². The highest BCUT2D eigenvalue weighted by atomic mass is 32.2. The van der Waals surface area contributed by atoms with Gasteiger partial charge in [0, 0.05) is 25.4 Å². The minimum absolute atomic E-state index is 0.295. The zero-order chi connectivity index (χ0) is 11.1. The fraction of sp³-hybridized carbons (Fsp3) is 0.909. The number of hydrogen-bond acceptors (Lipinski definition) is 3. The van der Waals surface area contributed by atoms with Crippen LogP contribution < -0.4 is 0 Å². The summed E-state index contributed by atoms with van der Waals surface area (Å²) >= 11 is 1.67. The van der Waals surface area contributed by atoms with Crippen LogP contribution in [0.4, 0.5) is 0 Å². The number of amides is 1. The minimum Gasteiger partial charge on any atom is -0.384 e. The molecule has 0 bridgehead atoms. The maximum Gasteiger partial charge on any atom is 0.232 e. The largest absolute Gasteiger partial charge is 0.384 e. The molecular weight excluding hydrogens is 210 g/mol. The van der Waals surface area contributed by atoms with Gasteiger partial charge in [0.2, 0.25) is 5.91 Å². The van der Waals surface area contributed by atoms with Crippen molar-refractivity contribution >= 4 is 17.7 Å². The summed E-state index contributed by atoms with van der Waals surface area (Å²) in [6, 6.07) is 0.439. The number of ether oxygens (including phenoxy) is 1. The van der Waals surface area contributed by atoms with Gasteiger partial charge in [-0.15, -0.1) is 11.8 Å². The van der Waals surface area contributed by atoms with Gasteiger partial charge in [-0.3, -0.25) is 4.79 Å². The van der Waals surface area contributed by atoms with Crippen LogP contribution in [0.2, 0.25) is 0 Å². The summed E-state index contributed by atoms with van der Waals surface area (Å²) < 4.78 is 4.94. The van der Waals surface area contributed by atoms with Gasteiger partial charge in [-0.2, -0.15) is 0 Å². The highest BCUT2D eigenvalue weighted by molar-refractivity contribution is 7.99. The van der Waals surface area contributed by atoms with E-state index in [-0.39, 0.29) is 0 Å². The second-order valence-corrected chi connectivity index (χ2v) is 5.08. The molecule has 1 atom stereocenters. The lowest BCUT2D eigenvalue weighted by atomic mass is 10.0. The van der Waals surface area contributed by atoms with Gasteiger partial charge < -0.3 is 9.64 Å². The molecule has 0 aromatic heterocycles. The molecule has 0 N–H and O–H groups in total. The maximum atomic E-state index is 11.8. The molecule has 88 valence electrons. The molecule has 1 amide bonds. The number of carbonyl (C=O) groups excluding carboxylic acids is 1. The van der Waals surface area contributed by atoms with Gasteiger partial charge in [0.05, 0.1) is 12.4 Å². The molecule has 0 aromatic rings. The van der Waals surface area contributed by atoms with Crippen LogP contribution in [0.1, 0.15) is 26.2 Å². The van der Waals surface area contributed by atoms with Crippen molar-refractivity contribution in [3.63, 3.8) is 0 Å². The minimum atomic E-state index is 0.295. The van der Waals surface area contributed by atoms with E-state index in [1.807, 2.05) is 4.90 Å². The fourth-order valence-corrected chi connectivity index (χ4v) is 2.62. The molecule has 0 aromatic carbocycles. The molecule has 1 heterocycles. The number of likely N-dealkylation sites (tertiary alicyclic amines) is 1. The Morgan fingerprint density at radius 1 is 1.53 bits per heavy atom. The predicted molar refractivity (Wildman–Crippen MR) is 64.2 cm³/mol. The molecule has 0 spiro atoms. The zero-order valence-electron chi connectivity index (χ0n) is 9.70. The molecule has 0 unspecified atom stereocenters. The molecule has 1 fully saturated rings. The van der Waals surface area contributed by atoms with Crippen LogP contribution in [0, 0.1) is 0 Å². The first kappa shape index (κ1) is 12.8. The van der Waals surface area contributed by atoms with Crippen LogP contribution in [0.15, 0.2) is 0 Å². The molecule has 0 radical (unpaired) electrons. The third-order valence-corrected chi connectivity index (χ3v) is 3.69. The number of nitrogens with zero attached hydrogens (tertiary/aromatic N) is 1. The molecular formula is C11H21NO2S. The third-order valence-electron chi connectivity index (χ3n) is 2.78. The summed E-state index contributed by atoms with van der Waals surface area (Å²) in [6.45, 7) is 3.83. The summed E-state index contributed by atoms with van der Waals surface area (Å²) in [6.07, 6.45) is 3.59. The Balaban J connectivity index is 2.20. The average molecular weight is 231 g/mol. The van der Waals surface area contributed by atoms with E-state index >= 15 is 0 Å². The van der Waals surface area contributed by atoms with Crippen LogP contribution in [-0.4, -0.2) is 48.6 Å². The second kappa shape index (κ2) is 7.12. The van der Waals surface area contributed by atoms with E-state index in [0.29, 0.717) is 17.7 Å². The van der Waals surface area contributed by atoms with Crippen LogP contribution in [0.25, 0.3) is 0 Å². The Kier molecular flexibility index (Phi) is 6.10. The van der Waals surface area contributed by atoms with Crippen molar-refractivity contribution in [2.45, 2.75) is 32.2 Å². The van der Waals surface area contributed by atoms with Gasteiger partial charge in [-0.25, -0.2) is 0 Å². The summed E-state index contributed by atoms with van der Waals surface area (Å²) in [5.41, 5.74) is 0. The van der Waals surface area contributed by atoms with E-state index in [9.17, 15) is 4.79 Å². The van der Waals surface area contributed by atoms with Crippen molar-refractivity contribution in [3.05, 3.63) is 0 Å². The molecule has 1 aliphatic heterocycles. The Morgan fingerprint density at radius 2 is 2.33 bits per heavy atom. The molecule has 4 heteroatoms. The number of carbonyl (C=O) groups is 1. The van der Waals surface area contributed by atoms with Crippen molar-refractivity contribution in [2.75, 3.05) is 31.8 Å². The summed E-state index contributed by atoms with van der Waals surface area (Å²) in [5.74, 6) is 1.81. The maximum absolute atomic E-state index is 11.8. The number of hydrogen-bond donors (Lipinski definition) is 0. The lowest BCUT2D eigenvalue weighted by Crippen LogP contribution is -2.43. The molecule has 1 rings (SSSR count). The van der Waals surface area contributed by atoms with Gasteiger partial charge in [0.1, 0.15) is 0 Å². The van der Waals surface area contributed by atoms with Crippen LogP contribution in [0.5, 0.6) is 0 Å². The van der Waals surface area contributed by atoms with Gasteiger partial charge >= 0.3 is 0 Å². The second-order valence-electron chi connectivity index (χ2n) is 3.98. The lowest BCUT2D eigenvalue weighted by Gasteiger charge is -2.33. The first-order valence-electron chi connectivity index (χ1n) is 5.62. The molecule has 15 heavy (non-hydrogen) atoms. The Hall–Kier alpha value is -0.220. The number of thioether (sulfide) groups is 1. The molecule has 1 aliphatic rings. The number of piperidine rings is 1.